The fourth-order valence-corrected chi connectivity index (χ4v) is 2.81. The summed E-state index contributed by atoms with van der Waals surface area (Å²) in [6.45, 7) is 3.83. The van der Waals surface area contributed by atoms with E-state index in [9.17, 15) is 9.18 Å². The van der Waals surface area contributed by atoms with Crippen molar-refractivity contribution in [2.45, 2.75) is 19.9 Å². The quantitative estimate of drug-likeness (QED) is 0.944. The summed E-state index contributed by atoms with van der Waals surface area (Å²) in [5.74, 6) is -0.444. The van der Waals surface area contributed by atoms with E-state index >= 15 is 0 Å². The number of nitrogens with one attached hydrogen (secondary N) is 1. The molecule has 0 atom stereocenters. The molecule has 0 radical (unpaired) electrons. The van der Waals surface area contributed by atoms with Crippen molar-refractivity contribution in [2.24, 2.45) is 0 Å². The van der Waals surface area contributed by atoms with Crippen LogP contribution in [0.4, 0.5) is 10.1 Å². The Morgan fingerprint density at radius 1 is 1.23 bits per heavy atom. The summed E-state index contributed by atoms with van der Waals surface area (Å²) in [7, 11) is 0. The fourth-order valence-electron chi connectivity index (χ4n) is 2.81. The van der Waals surface area contributed by atoms with Crippen molar-refractivity contribution < 1.29 is 9.18 Å². The van der Waals surface area contributed by atoms with E-state index < -0.39 is 0 Å². The summed E-state index contributed by atoms with van der Waals surface area (Å²) in [4.78, 5) is 14.3. The Kier molecular flexibility index (Phi) is 4.20. The van der Waals surface area contributed by atoms with Gasteiger partial charge in [0.1, 0.15) is 5.82 Å². The van der Waals surface area contributed by atoms with E-state index in [0.717, 1.165) is 25.1 Å². The number of hydrogen-bond donors (Lipinski definition) is 1. The van der Waals surface area contributed by atoms with Crippen LogP contribution < -0.4 is 5.32 Å². The summed E-state index contributed by atoms with van der Waals surface area (Å²) in [6, 6.07) is 12.7. The van der Waals surface area contributed by atoms with Crippen LogP contribution in [0, 0.1) is 12.7 Å². The van der Waals surface area contributed by atoms with Crippen LogP contribution in [0.2, 0.25) is 0 Å². The van der Waals surface area contributed by atoms with Crippen molar-refractivity contribution in [3.05, 3.63) is 65.0 Å². The number of rotatable bonds is 3. The minimum absolute atomic E-state index is 0.104. The summed E-state index contributed by atoms with van der Waals surface area (Å²) < 4.78 is 13.3. The molecule has 0 unspecified atom stereocenters. The largest absolute Gasteiger partial charge is 0.325 e. The first-order chi connectivity index (χ1) is 10.6. The number of halogens is 1. The molecule has 3 nitrogen and oxygen atoms in total. The molecule has 3 rings (SSSR count). The molecule has 0 saturated carbocycles. The van der Waals surface area contributed by atoms with Gasteiger partial charge in [-0.05, 0) is 42.2 Å². The maximum absolute atomic E-state index is 13.3. The second kappa shape index (κ2) is 6.28. The molecule has 22 heavy (non-hydrogen) atoms. The molecule has 2 aromatic carbocycles. The Morgan fingerprint density at radius 2 is 2.00 bits per heavy atom. The predicted molar refractivity (Wildman–Crippen MR) is 85.2 cm³/mol. The van der Waals surface area contributed by atoms with Crippen molar-refractivity contribution in [3.8, 4) is 0 Å². The molecule has 0 saturated heterocycles. The van der Waals surface area contributed by atoms with Gasteiger partial charge < -0.3 is 5.32 Å². The van der Waals surface area contributed by atoms with Gasteiger partial charge >= 0.3 is 0 Å². The highest BCUT2D eigenvalue weighted by Gasteiger charge is 2.18. The molecule has 114 valence electrons. The molecular formula is C18H19FN2O. The van der Waals surface area contributed by atoms with Gasteiger partial charge in [0.15, 0.2) is 0 Å². The molecule has 0 bridgehead atoms. The second-order valence-electron chi connectivity index (χ2n) is 5.74. The number of carbonyl (C=O) groups excluding carboxylic acids is 1. The molecule has 0 aliphatic carbocycles. The number of hydrogen-bond acceptors (Lipinski definition) is 2. The maximum atomic E-state index is 13.3. The zero-order valence-corrected chi connectivity index (χ0v) is 12.6. The summed E-state index contributed by atoms with van der Waals surface area (Å²) in [5.41, 5.74) is 4.05. The van der Waals surface area contributed by atoms with Crippen molar-refractivity contribution in [1.82, 2.24) is 4.90 Å². The van der Waals surface area contributed by atoms with E-state index in [-0.39, 0.29) is 11.7 Å². The highest BCUT2D eigenvalue weighted by Crippen LogP contribution is 2.19. The Morgan fingerprint density at radius 3 is 2.82 bits per heavy atom. The third-order valence-electron chi connectivity index (χ3n) is 4.05. The van der Waals surface area contributed by atoms with Crippen LogP contribution in [0.1, 0.15) is 16.7 Å². The van der Waals surface area contributed by atoms with Gasteiger partial charge in [0.2, 0.25) is 5.91 Å². The van der Waals surface area contributed by atoms with Gasteiger partial charge in [-0.1, -0.05) is 30.3 Å². The van der Waals surface area contributed by atoms with Gasteiger partial charge in [-0.2, -0.15) is 0 Å². The highest BCUT2D eigenvalue weighted by atomic mass is 19.1. The Hall–Kier alpha value is -2.20. The lowest BCUT2D eigenvalue weighted by atomic mass is 10.00. The smallest absolute Gasteiger partial charge is 0.238 e. The molecule has 1 heterocycles. The topological polar surface area (TPSA) is 32.3 Å². The van der Waals surface area contributed by atoms with Crippen LogP contribution >= 0.6 is 0 Å². The zero-order chi connectivity index (χ0) is 15.5. The van der Waals surface area contributed by atoms with Crippen LogP contribution in [0.25, 0.3) is 0 Å². The molecule has 0 fully saturated rings. The molecule has 1 aliphatic rings. The lowest BCUT2D eigenvalue weighted by molar-refractivity contribution is -0.117. The molecular weight excluding hydrogens is 279 g/mol. The number of amides is 1. The van der Waals surface area contributed by atoms with E-state index in [1.807, 2.05) is 19.1 Å². The second-order valence-corrected chi connectivity index (χ2v) is 5.74. The number of nitrogens with zero attached hydrogens (tertiary/aromatic N) is 1. The standard InChI is InChI=1S/C18H19FN2O/c1-13-6-7-16(19)10-17(13)20-18(22)12-21-9-8-14-4-2-3-5-15(14)11-21/h2-7,10H,8-9,11-12H2,1H3,(H,20,22). The Bertz CT molecular complexity index is 699. The maximum Gasteiger partial charge on any atom is 0.238 e. The molecule has 1 amide bonds. The summed E-state index contributed by atoms with van der Waals surface area (Å²) in [6.07, 6.45) is 0.961. The molecule has 4 heteroatoms. The highest BCUT2D eigenvalue weighted by molar-refractivity contribution is 5.93. The first-order valence-corrected chi connectivity index (χ1v) is 7.47. The van der Waals surface area contributed by atoms with Gasteiger partial charge in [0.05, 0.1) is 6.54 Å². The number of fused-ring (bicyclic) bond motifs is 1. The third-order valence-corrected chi connectivity index (χ3v) is 4.05. The minimum Gasteiger partial charge on any atom is -0.325 e. The minimum atomic E-state index is -0.340. The Balaban J connectivity index is 1.62. The van der Waals surface area contributed by atoms with Gasteiger partial charge in [-0.15, -0.1) is 0 Å². The van der Waals surface area contributed by atoms with E-state index in [0.29, 0.717) is 12.2 Å². The van der Waals surface area contributed by atoms with Gasteiger partial charge in [-0.25, -0.2) is 4.39 Å². The van der Waals surface area contributed by atoms with E-state index in [2.05, 4.69) is 22.3 Å². The van der Waals surface area contributed by atoms with E-state index in [1.54, 1.807) is 6.07 Å². The van der Waals surface area contributed by atoms with Crippen LogP contribution in [-0.2, 0) is 17.8 Å². The lowest BCUT2D eigenvalue weighted by Crippen LogP contribution is -2.37. The first-order valence-electron chi connectivity index (χ1n) is 7.47. The van der Waals surface area contributed by atoms with Gasteiger partial charge in [0, 0.05) is 18.8 Å². The van der Waals surface area contributed by atoms with Crippen molar-refractivity contribution >= 4 is 11.6 Å². The number of benzene rings is 2. The van der Waals surface area contributed by atoms with Gasteiger partial charge in [-0.3, -0.25) is 9.69 Å². The third kappa shape index (κ3) is 3.34. The number of carbonyl (C=O) groups is 1. The average Bonchev–Trinajstić information content (AvgIpc) is 2.51. The molecule has 0 spiro atoms. The number of anilines is 1. The van der Waals surface area contributed by atoms with Crippen molar-refractivity contribution in [2.75, 3.05) is 18.4 Å². The lowest BCUT2D eigenvalue weighted by Gasteiger charge is -2.28. The SMILES string of the molecule is Cc1ccc(F)cc1NC(=O)CN1CCc2ccccc2C1. The van der Waals surface area contributed by atoms with Crippen molar-refractivity contribution in [1.29, 1.82) is 0 Å². The van der Waals surface area contributed by atoms with E-state index in [1.165, 1.54) is 23.3 Å². The molecule has 2 aromatic rings. The molecule has 0 aromatic heterocycles. The predicted octanol–water partition coefficient (Wildman–Crippen LogP) is 3.13. The van der Waals surface area contributed by atoms with Crippen molar-refractivity contribution in [3.63, 3.8) is 0 Å². The monoisotopic (exact) mass is 298 g/mol. The normalized spacial score (nSPS) is 14.5. The van der Waals surface area contributed by atoms with Crippen LogP contribution in [0.15, 0.2) is 42.5 Å². The van der Waals surface area contributed by atoms with E-state index in [4.69, 9.17) is 0 Å². The summed E-state index contributed by atoms with van der Waals surface area (Å²) >= 11 is 0. The Labute approximate surface area is 129 Å². The first kappa shape index (κ1) is 14.7. The summed E-state index contributed by atoms with van der Waals surface area (Å²) in [5, 5.41) is 2.80. The van der Waals surface area contributed by atoms with Crippen LogP contribution in [0.5, 0.6) is 0 Å². The number of aryl methyl sites for hydroxylation is 1. The average molecular weight is 298 g/mol. The fraction of sp³-hybridized carbons (Fsp3) is 0.278. The van der Waals surface area contributed by atoms with Crippen LogP contribution in [0.3, 0.4) is 0 Å². The molecule has 1 aliphatic heterocycles. The van der Waals surface area contributed by atoms with Crippen LogP contribution in [-0.4, -0.2) is 23.9 Å². The molecule has 1 N–H and O–H groups in total. The zero-order valence-electron chi connectivity index (χ0n) is 12.6. The van der Waals surface area contributed by atoms with Gasteiger partial charge in [0.25, 0.3) is 0 Å².